The molecule has 0 radical (unpaired) electrons. The van der Waals surface area contributed by atoms with E-state index in [9.17, 15) is 4.79 Å². The molecule has 0 aliphatic rings. The second-order valence-electron chi connectivity index (χ2n) is 1.89. The smallest absolute Gasteiger partial charge is 0.254 e. The van der Waals surface area contributed by atoms with Crippen molar-refractivity contribution in [2.24, 2.45) is 0 Å². The van der Waals surface area contributed by atoms with Crippen molar-refractivity contribution in [3.8, 4) is 5.75 Å². The van der Waals surface area contributed by atoms with E-state index in [-0.39, 0.29) is 12.4 Å². The van der Waals surface area contributed by atoms with Crippen LogP contribution in [0.4, 0.5) is 0 Å². The molecule has 0 fully saturated rings. The first-order valence-corrected chi connectivity index (χ1v) is 3.30. The van der Waals surface area contributed by atoms with Gasteiger partial charge < -0.3 is 4.74 Å². The molecule has 1 aromatic rings. The van der Waals surface area contributed by atoms with Crippen LogP contribution in [0.1, 0.15) is 10.4 Å². The van der Waals surface area contributed by atoms with Crippen LogP contribution in [0.5, 0.6) is 5.75 Å². The minimum atomic E-state index is -0.531. The third-order valence-electron chi connectivity index (χ3n) is 1.18. The number of rotatable bonds is 2. The monoisotopic (exact) mass is 207 g/mol. The topological polar surface area (TPSA) is 39.2 Å². The minimum Gasteiger partial charge on any atom is -0.495 e. The maximum atomic E-state index is 10.6. The van der Waals surface area contributed by atoms with Crippen LogP contribution in [0.25, 0.3) is 0 Å². The summed E-state index contributed by atoms with van der Waals surface area (Å²) in [5.41, 5.74) is 0.339. The van der Waals surface area contributed by atoms with Gasteiger partial charge in [0, 0.05) is 6.20 Å². The average molecular weight is 208 g/mol. The lowest BCUT2D eigenvalue weighted by Crippen LogP contribution is -1.91. The highest BCUT2D eigenvalue weighted by Gasteiger charge is 2.02. The van der Waals surface area contributed by atoms with E-state index >= 15 is 0 Å². The first kappa shape index (κ1) is 11.2. The van der Waals surface area contributed by atoms with Crippen LogP contribution in [0, 0.1) is 0 Å². The Bertz CT molecular complexity index is 278. The predicted molar refractivity (Wildman–Crippen MR) is 48.2 cm³/mol. The molecule has 0 atom stereocenters. The molecule has 0 unspecified atom stereocenters. The van der Waals surface area contributed by atoms with Gasteiger partial charge in [-0.2, -0.15) is 0 Å². The molecule has 0 N–H and O–H groups in total. The molecule has 0 spiro atoms. The summed E-state index contributed by atoms with van der Waals surface area (Å²) in [5, 5.41) is -0.531. The van der Waals surface area contributed by atoms with Crippen molar-refractivity contribution in [3.05, 3.63) is 24.0 Å². The van der Waals surface area contributed by atoms with Crippen molar-refractivity contribution in [1.82, 2.24) is 4.98 Å². The molecule has 1 aromatic heterocycles. The molecule has 1 rings (SSSR count). The van der Waals surface area contributed by atoms with Gasteiger partial charge in [0.25, 0.3) is 5.24 Å². The largest absolute Gasteiger partial charge is 0.495 e. The number of methoxy groups -OCH3 is 1. The number of carbonyl (C=O) groups excluding carboxylic acids is 1. The van der Waals surface area contributed by atoms with Gasteiger partial charge in [-0.3, -0.25) is 9.78 Å². The van der Waals surface area contributed by atoms with Crippen LogP contribution in [0.2, 0.25) is 0 Å². The Hall–Kier alpha value is -0.800. The summed E-state index contributed by atoms with van der Waals surface area (Å²) < 4.78 is 4.83. The van der Waals surface area contributed by atoms with Crippen LogP contribution >= 0.6 is 24.0 Å². The van der Waals surface area contributed by atoms with E-state index in [1.54, 1.807) is 0 Å². The molecule has 0 aromatic carbocycles. The fourth-order valence-corrected chi connectivity index (χ4v) is 0.741. The highest BCUT2D eigenvalue weighted by Crippen LogP contribution is 2.11. The van der Waals surface area contributed by atoms with Crippen molar-refractivity contribution in [3.63, 3.8) is 0 Å². The Morgan fingerprint density at radius 1 is 1.58 bits per heavy atom. The van der Waals surface area contributed by atoms with Crippen molar-refractivity contribution < 1.29 is 9.53 Å². The molecule has 0 amide bonds. The van der Waals surface area contributed by atoms with Crippen molar-refractivity contribution in [1.29, 1.82) is 0 Å². The molecule has 0 aliphatic heterocycles. The number of pyridine rings is 1. The second kappa shape index (κ2) is 4.95. The first-order valence-electron chi connectivity index (χ1n) is 2.93. The molecule has 0 saturated carbocycles. The van der Waals surface area contributed by atoms with E-state index in [1.807, 2.05) is 0 Å². The van der Waals surface area contributed by atoms with Crippen molar-refractivity contribution in [2.45, 2.75) is 0 Å². The van der Waals surface area contributed by atoms with E-state index in [2.05, 4.69) is 4.98 Å². The number of halogens is 2. The van der Waals surface area contributed by atoms with Gasteiger partial charge in [-0.25, -0.2) is 0 Å². The van der Waals surface area contributed by atoms with Crippen LogP contribution in [0.15, 0.2) is 18.5 Å². The zero-order valence-corrected chi connectivity index (χ0v) is 7.85. The maximum absolute atomic E-state index is 10.6. The zero-order valence-electron chi connectivity index (χ0n) is 6.28. The maximum Gasteiger partial charge on any atom is 0.254 e. The summed E-state index contributed by atoms with van der Waals surface area (Å²) in [7, 11) is 1.50. The molecular formula is C7H7Cl2NO2. The Labute approximate surface area is 81.1 Å². The average Bonchev–Trinajstić information content (AvgIpc) is 2.05. The van der Waals surface area contributed by atoms with Crippen LogP contribution < -0.4 is 4.74 Å². The van der Waals surface area contributed by atoms with Crippen LogP contribution in [-0.2, 0) is 0 Å². The number of hydrogen-bond acceptors (Lipinski definition) is 3. The van der Waals surface area contributed by atoms with Crippen LogP contribution in [-0.4, -0.2) is 17.3 Å². The number of nitrogens with zero attached hydrogens (tertiary/aromatic N) is 1. The highest BCUT2D eigenvalue weighted by atomic mass is 35.5. The van der Waals surface area contributed by atoms with E-state index in [0.29, 0.717) is 11.3 Å². The van der Waals surface area contributed by atoms with E-state index in [0.717, 1.165) is 0 Å². The van der Waals surface area contributed by atoms with Gasteiger partial charge in [0.15, 0.2) is 0 Å². The van der Waals surface area contributed by atoms with E-state index in [1.165, 1.54) is 25.6 Å². The van der Waals surface area contributed by atoms with Crippen molar-refractivity contribution in [2.75, 3.05) is 7.11 Å². The van der Waals surface area contributed by atoms with Gasteiger partial charge in [0.05, 0.1) is 18.9 Å². The number of hydrogen-bond donors (Lipinski definition) is 0. The summed E-state index contributed by atoms with van der Waals surface area (Å²) in [5.74, 6) is 0.525. The van der Waals surface area contributed by atoms with Crippen molar-refractivity contribution >= 4 is 29.3 Å². The van der Waals surface area contributed by atoms with Crippen LogP contribution in [0.3, 0.4) is 0 Å². The normalized spacial score (nSPS) is 8.50. The lowest BCUT2D eigenvalue weighted by molar-refractivity contribution is 0.108. The highest BCUT2D eigenvalue weighted by molar-refractivity contribution is 6.67. The van der Waals surface area contributed by atoms with Gasteiger partial charge in [-0.15, -0.1) is 12.4 Å². The Balaban J connectivity index is 0.00000121. The summed E-state index contributed by atoms with van der Waals surface area (Å²) in [6, 6.07) is 1.53. The van der Waals surface area contributed by atoms with Gasteiger partial charge in [0.1, 0.15) is 5.75 Å². The molecule has 0 bridgehead atoms. The molecule has 12 heavy (non-hydrogen) atoms. The lowest BCUT2D eigenvalue weighted by atomic mass is 10.3. The summed E-state index contributed by atoms with van der Waals surface area (Å²) in [4.78, 5) is 14.3. The molecular weight excluding hydrogens is 201 g/mol. The second-order valence-corrected chi connectivity index (χ2v) is 2.23. The Morgan fingerprint density at radius 3 is 2.75 bits per heavy atom. The summed E-state index contributed by atoms with van der Waals surface area (Å²) in [6.07, 6.45) is 2.89. The Kier molecular flexibility index (Phi) is 4.62. The third kappa shape index (κ3) is 2.68. The van der Waals surface area contributed by atoms with Gasteiger partial charge in [-0.05, 0) is 17.7 Å². The molecule has 1 heterocycles. The molecule has 0 saturated heterocycles. The SMILES string of the molecule is COc1cncc(C(=O)Cl)c1.Cl. The molecule has 0 aliphatic carbocycles. The van der Waals surface area contributed by atoms with E-state index in [4.69, 9.17) is 16.3 Å². The minimum absolute atomic E-state index is 0. The number of carbonyl (C=O) groups is 1. The quantitative estimate of drug-likeness (QED) is 0.696. The van der Waals surface area contributed by atoms with Gasteiger partial charge in [0.2, 0.25) is 0 Å². The Morgan fingerprint density at radius 2 is 2.25 bits per heavy atom. The molecule has 5 heteroatoms. The lowest BCUT2D eigenvalue weighted by Gasteiger charge is -1.98. The van der Waals surface area contributed by atoms with Gasteiger partial charge >= 0.3 is 0 Å². The fourth-order valence-electron chi connectivity index (χ4n) is 0.638. The zero-order chi connectivity index (χ0) is 8.27. The fraction of sp³-hybridized carbons (Fsp3) is 0.143. The van der Waals surface area contributed by atoms with E-state index < -0.39 is 5.24 Å². The molecule has 66 valence electrons. The first-order chi connectivity index (χ1) is 5.24. The predicted octanol–water partition coefficient (Wildman–Crippen LogP) is 1.89. The number of ether oxygens (including phenoxy) is 1. The number of aromatic nitrogens is 1. The standard InChI is InChI=1S/C7H6ClNO2.ClH/c1-11-6-2-5(7(8)10)3-9-4-6;/h2-4H,1H3;1H. The molecule has 3 nitrogen and oxygen atoms in total. The van der Waals surface area contributed by atoms with Gasteiger partial charge in [-0.1, -0.05) is 0 Å². The summed E-state index contributed by atoms with van der Waals surface area (Å²) in [6.45, 7) is 0. The third-order valence-corrected chi connectivity index (χ3v) is 1.39. The summed E-state index contributed by atoms with van der Waals surface area (Å²) >= 11 is 5.20.